The summed E-state index contributed by atoms with van der Waals surface area (Å²) in [4.78, 5) is 31.2. The van der Waals surface area contributed by atoms with Gasteiger partial charge in [0, 0.05) is 29.7 Å². The van der Waals surface area contributed by atoms with Gasteiger partial charge < -0.3 is 10.6 Å². The van der Waals surface area contributed by atoms with Crippen LogP contribution in [0.2, 0.25) is 0 Å². The molecule has 0 saturated heterocycles. The van der Waals surface area contributed by atoms with E-state index >= 15 is 0 Å². The van der Waals surface area contributed by atoms with Crippen LogP contribution in [0.25, 0.3) is 0 Å². The summed E-state index contributed by atoms with van der Waals surface area (Å²) in [6.45, 7) is 4.07. The van der Waals surface area contributed by atoms with Crippen LogP contribution in [0.4, 0.5) is 0 Å². The molecular formula is C28H33N3O2. The van der Waals surface area contributed by atoms with E-state index in [2.05, 4.69) is 42.0 Å². The average molecular weight is 444 g/mol. The highest BCUT2D eigenvalue weighted by molar-refractivity contribution is 6.01. The lowest BCUT2D eigenvalue weighted by Crippen LogP contribution is -2.34. The van der Waals surface area contributed by atoms with Crippen LogP contribution in [0.5, 0.6) is 0 Å². The molecule has 5 heteroatoms. The lowest BCUT2D eigenvalue weighted by molar-refractivity contribution is -0.122. The topological polar surface area (TPSA) is 75.8 Å². The summed E-state index contributed by atoms with van der Waals surface area (Å²) in [6.07, 6.45) is 14.3. The maximum Gasteiger partial charge on any atom is 0.248 e. The zero-order chi connectivity index (χ0) is 23.4. The molecule has 1 aromatic rings. The lowest BCUT2D eigenvalue weighted by atomic mass is 9.96. The molecule has 1 aromatic carbocycles. The van der Waals surface area contributed by atoms with Gasteiger partial charge in [0.2, 0.25) is 5.91 Å². The number of aryl methyl sites for hydroxylation is 1. The number of amidine groups is 1. The van der Waals surface area contributed by atoms with Crippen molar-refractivity contribution in [3.63, 3.8) is 0 Å². The van der Waals surface area contributed by atoms with Crippen LogP contribution in [0, 0.1) is 24.7 Å². The highest BCUT2D eigenvalue weighted by Gasteiger charge is 2.33. The van der Waals surface area contributed by atoms with Gasteiger partial charge in [-0.05, 0) is 69.2 Å². The van der Waals surface area contributed by atoms with Crippen molar-refractivity contribution in [2.24, 2.45) is 16.6 Å². The molecule has 4 rings (SSSR count). The second-order valence-corrected chi connectivity index (χ2v) is 9.36. The molecule has 1 amide bonds. The number of carbonyl (C=O) groups is 2. The third-order valence-electron chi connectivity index (χ3n) is 6.94. The van der Waals surface area contributed by atoms with Crippen molar-refractivity contribution in [1.29, 1.82) is 0 Å². The minimum Gasteiger partial charge on any atom is -0.366 e. The molecule has 1 aliphatic carbocycles. The maximum atomic E-state index is 12.5. The fraction of sp³-hybridized carbons (Fsp3) is 0.464. The van der Waals surface area contributed by atoms with Crippen molar-refractivity contribution in [2.75, 3.05) is 0 Å². The first-order chi connectivity index (χ1) is 15.9. The van der Waals surface area contributed by atoms with Gasteiger partial charge in [-0.3, -0.25) is 14.6 Å². The van der Waals surface area contributed by atoms with E-state index in [4.69, 9.17) is 10.7 Å². The van der Waals surface area contributed by atoms with Gasteiger partial charge in [0.15, 0.2) is 0 Å². The van der Waals surface area contributed by atoms with E-state index in [1.54, 1.807) is 12.1 Å². The van der Waals surface area contributed by atoms with Crippen LogP contribution in [0.1, 0.15) is 79.8 Å². The van der Waals surface area contributed by atoms with Crippen LogP contribution in [0.3, 0.4) is 0 Å². The number of rotatable bonds is 6. The fourth-order valence-electron chi connectivity index (χ4n) is 4.95. The number of carbonyl (C=O) groups excluding carboxylic acids is 2. The normalized spacial score (nSPS) is 22.2. The third-order valence-corrected chi connectivity index (χ3v) is 6.94. The minimum absolute atomic E-state index is 0.0263. The van der Waals surface area contributed by atoms with Crippen molar-refractivity contribution in [2.45, 2.75) is 77.3 Å². The maximum absolute atomic E-state index is 12.5. The molecule has 0 radical (unpaired) electrons. The number of primary amides is 1. The van der Waals surface area contributed by atoms with E-state index in [9.17, 15) is 9.59 Å². The smallest absolute Gasteiger partial charge is 0.248 e. The average Bonchev–Trinajstić information content (AvgIpc) is 3.39. The Morgan fingerprint density at radius 3 is 2.79 bits per heavy atom. The highest BCUT2D eigenvalue weighted by Crippen LogP contribution is 2.29. The molecule has 0 spiro atoms. The van der Waals surface area contributed by atoms with Crippen molar-refractivity contribution in [3.05, 3.63) is 58.8 Å². The number of aliphatic imine (C=N–C) groups is 1. The highest BCUT2D eigenvalue weighted by atomic mass is 16.1. The molecule has 3 aliphatic rings. The molecule has 1 saturated carbocycles. The first-order valence-electron chi connectivity index (χ1n) is 12.1. The quantitative estimate of drug-likeness (QED) is 0.648. The Kier molecular flexibility index (Phi) is 7.13. The fourth-order valence-corrected chi connectivity index (χ4v) is 4.95. The molecule has 2 heterocycles. The Labute approximate surface area is 196 Å². The molecule has 172 valence electrons. The Morgan fingerprint density at radius 1 is 1.24 bits per heavy atom. The second kappa shape index (κ2) is 10.2. The summed E-state index contributed by atoms with van der Waals surface area (Å²) in [7, 11) is 0. The van der Waals surface area contributed by atoms with Crippen LogP contribution in [-0.4, -0.2) is 34.5 Å². The van der Waals surface area contributed by atoms with Crippen LogP contribution in [0.15, 0.2) is 47.1 Å². The number of ketones is 1. The number of nitrogens with two attached hydrogens (primary N) is 1. The van der Waals surface area contributed by atoms with E-state index in [0.29, 0.717) is 23.7 Å². The summed E-state index contributed by atoms with van der Waals surface area (Å²) in [5, 5.41) is 0. The van der Waals surface area contributed by atoms with Gasteiger partial charge in [-0.15, -0.1) is 0 Å². The Balaban J connectivity index is 1.45. The van der Waals surface area contributed by atoms with Crippen LogP contribution < -0.4 is 5.73 Å². The summed E-state index contributed by atoms with van der Waals surface area (Å²) in [5.74, 6) is 7.92. The zero-order valence-corrected chi connectivity index (χ0v) is 19.6. The molecule has 2 atom stereocenters. The van der Waals surface area contributed by atoms with Gasteiger partial charge in [0.05, 0.1) is 6.04 Å². The Hall–Kier alpha value is -3.13. The van der Waals surface area contributed by atoms with Gasteiger partial charge in [-0.1, -0.05) is 42.9 Å². The zero-order valence-electron chi connectivity index (χ0n) is 19.6. The van der Waals surface area contributed by atoms with E-state index in [1.807, 2.05) is 13.0 Å². The SMILES string of the molecule is Cc1ccc(C(N)=O)cc1C#CC1[C@@H](C)N=C2C(CCCC(=O)C3CCCC3)=CCC=CN21. The number of benzene rings is 1. The Morgan fingerprint density at radius 2 is 2.03 bits per heavy atom. The molecule has 1 fully saturated rings. The van der Waals surface area contributed by atoms with E-state index in [-0.39, 0.29) is 12.1 Å². The number of hydrogen-bond donors (Lipinski definition) is 1. The third kappa shape index (κ3) is 5.27. The monoisotopic (exact) mass is 443 g/mol. The first kappa shape index (κ1) is 23.0. The first-order valence-corrected chi connectivity index (χ1v) is 12.1. The van der Waals surface area contributed by atoms with E-state index in [1.165, 1.54) is 18.4 Å². The van der Waals surface area contributed by atoms with Gasteiger partial charge in [0.25, 0.3) is 0 Å². The second-order valence-electron chi connectivity index (χ2n) is 9.36. The van der Waals surface area contributed by atoms with Gasteiger partial charge in [-0.25, -0.2) is 0 Å². The molecule has 33 heavy (non-hydrogen) atoms. The molecule has 2 N–H and O–H groups in total. The van der Waals surface area contributed by atoms with Crippen molar-refractivity contribution < 1.29 is 9.59 Å². The van der Waals surface area contributed by atoms with Gasteiger partial charge in [-0.2, -0.15) is 0 Å². The lowest BCUT2D eigenvalue weighted by Gasteiger charge is -2.22. The number of fused-ring (bicyclic) bond motifs is 1. The summed E-state index contributed by atoms with van der Waals surface area (Å²) >= 11 is 0. The van der Waals surface area contributed by atoms with Crippen molar-refractivity contribution >= 4 is 17.5 Å². The number of allylic oxidation sites excluding steroid dienone is 2. The molecule has 1 unspecified atom stereocenters. The number of amides is 1. The number of Topliss-reactive ketones (excluding diaryl/α,β-unsaturated/α-hetero) is 1. The molecule has 0 aromatic heterocycles. The minimum atomic E-state index is -0.449. The van der Waals surface area contributed by atoms with Crippen LogP contribution in [-0.2, 0) is 4.79 Å². The Bertz CT molecular complexity index is 1080. The summed E-state index contributed by atoms with van der Waals surface area (Å²) in [5.41, 5.74) is 8.94. The molecule has 2 aliphatic heterocycles. The predicted molar refractivity (Wildman–Crippen MR) is 132 cm³/mol. The van der Waals surface area contributed by atoms with Gasteiger partial charge in [0.1, 0.15) is 17.7 Å². The summed E-state index contributed by atoms with van der Waals surface area (Å²) < 4.78 is 0. The van der Waals surface area contributed by atoms with E-state index < -0.39 is 5.91 Å². The standard InChI is InChI=1S/C28H33N3O2/c1-19-13-14-24(27(29)33)18-23(19)15-16-25-20(2)30-28-22(10-5-6-17-31(25)28)11-7-12-26(32)21-8-3-4-9-21/h6,10,13-14,17-18,20-21,25H,3-5,7-9,11-12H2,1-2H3,(H2,29,33)/t20-,25?/m1/s1. The predicted octanol–water partition coefficient (Wildman–Crippen LogP) is 4.69. The van der Waals surface area contributed by atoms with Gasteiger partial charge >= 0.3 is 0 Å². The largest absolute Gasteiger partial charge is 0.366 e. The van der Waals surface area contributed by atoms with Crippen molar-refractivity contribution in [1.82, 2.24) is 4.90 Å². The number of nitrogens with zero attached hydrogens (tertiary/aromatic N) is 2. The molecule has 5 nitrogen and oxygen atoms in total. The molecular weight excluding hydrogens is 410 g/mol. The van der Waals surface area contributed by atoms with Crippen molar-refractivity contribution in [3.8, 4) is 11.8 Å². The van der Waals surface area contributed by atoms with E-state index in [0.717, 1.165) is 49.1 Å². The van der Waals surface area contributed by atoms with Crippen LogP contribution >= 0.6 is 0 Å². The number of hydrogen-bond acceptors (Lipinski definition) is 4. The summed E-state index contributed by atoms with van der Waals surface area (Å²) in [6, 6.07) is 5.32. The molecule has 0 bridgehead atoms.